The molecule has 64 heavy (non-hydrogen) atoms. The Morgan fingerprint density at radius 3 is 1.61 bits per heavy atom. The minimum atomic E-state index is -0.339. The lowest BCUT2D eigenvalue weighted by Gasteiger charge is -2.33. The van der Waals surface area contributed by atoms with Crippen LogP contribution in [-0.4, -0.2) is 0 Å². The quantitative estimate of drug-likeness (QED) is 0.155. The first kappa shape index (κ1) is 38.7. The number of hydrogen-bond donors (Lipinski definition) is 0. The molecule has 0 aliphatic heterocycles. The van der Waals surface area contributed by atoms with E-state index in [1.54, 1.807) is 0 Å². The summed E-state index contributed by atoms with van der Waals surface area (Å²) in [5.41, 5.74) is 21.6. The highest BCUT2D eigenvalue weighted by molar-refractivity contribution is 6.07. The SMILES string of the molecule is CC1(C)c2ccccc2-c2c(-c3ccccc3N(c3ccccc3-c3cccc4cccc(C5CCCCC5)c34)c3cccc4c3-c3ccccc3C4(C)c3ccccc3)cccc21. The molecule has 0 radical (unpaired) electrons. The number of rotatable bonds is 7. The van der Waals surface area contributed by atoms with Crippen molar-refractivity contribution in [3.05, 3.63) is 234 Å². The van der Waals surface area contributed by atoms with Gasteiger partial charge in [0.15, 0.2) is 0 Å². The second kappa shape index (κ2) is 15.1. The van der Waals surface area contributed by atoms with Crippen molar-refractivity contribution in [3.8, 4) is 44.5 Å². The Kier molecular flexibility index (Phi) is 9.13. The van der Waals surface area contributed by atoms with Crippen LogP contribution in [0.3, 0.4) is 0 Å². The summed E-state index contributed by atoms with van der Waals surface area (Å²) in [4.78, 5) is 2.63. The minimum absolute atomic E-state index is 0.112. The standard InChI is InChI=1S/C63H53N/c1-62(2)52-35-14-10-30-50(52)60-49(34-20-37-54(60)62)47-29-13-17-40-57(47)64(58-41-21-38-55-61(58)51-31-11-15-36-53(51)63(55,3)44-26-8-5-9-27-44)56-39-16-12-28-46(56)48-33-19-25-43-24-18-32-45(59(43)48)42-22-6-4-7-23-42/h5,8-21,24-42H,4,6-7,22-23H2,1-3H3. The molecule has 310 valence electrons. The van der Waals surface area contributed by atoms with Crippen LogP contribution >= 0.6 is 0 Å². The minimum Gasteiger partial charge on any atom is -0.309 e. The summed E-state index contributed by atoms with van der Waals surface area (Å²) in [6.45, 7) is 7.20. The summed E-state index contributed by atoms with van der Waals surface area (Å²) in [6, 6.07) is 75.8. The van der Waals surface area contributed by atoms with Gasteiger partial charge in [0.2, 0.25) is 0 Å². The lowest BCUT2D eigenvalue weighted by atomic mass is 9.74. The zero-order valence-corrected chi connectivity index (χ0v) is 37.1. The van der Waals surface area contributed by atoms with Crippen molar-refractivity contribution in [1.82, 2.24) is 0 Å². The molecule has 1 fully saturated rings. The molecule has 0 amide bonds. The molecule has 0 saturated heterocycles. The van der Waals surface area contributed by atoms with E-state index in [2.05, 4.69) is 226 Å². The monoisotopic (exact) mass is 823 g/mol. The highest BCUT2D eigenvalue weighted by Crippen LogP contribution is 2.59. The zero-order chi connectivity index (χ0) is 43.0. The van der Waals surface area contributed by atoms with Crippen LogP contribution in [0, 0.1) is 0 Å². The maximum atomic E-state index is 2.63. The Morgan fingerprint density at radius 1 is 0.375 bits per heavy atom. The fourth-order valence-corrected chi connectivity index (χ4v) is 12.3. The largest absolute Gasteiger partial charge is 0.309 e. The van der Waals surface area contributed by atoms with Crippen molar-refractivity contribution in [2.45, 2.75) is 69.6 Å². The molecule has 1 nitrogen and oxygen atoms in total. The van der Waals surface area contributed by atoms with Crippen molar-refractivity contribution in [1.29, 1.82) is 0 Å². The molecular weight excluding hydrogens is 771 g/mol. The molecule has 9 aromatic rings. The Morgan fingerprint density at radius 2 is 0.875 bits per heavy atom. The normalized spacial score (nSPS) is 17.1. The summed E-state index contributed by atoms with van der Waals surface area (Å²) in [5, 5.41) is 2.72. The molecule has 1 saturated carbocycles. The van der Waals surface area contributed by atoms with Gasteiger partial charge in [-0.3, -0.25) is 0 Å². The average Bonchev–Trinajstić information content (AvgIpc) is 3.76. The van der Waals surface area contributed by atoms with E-state index in [1.165, 1.54) is 132 Å². The van der Waals surface area contributed by atoms with E-state index in [9.17, 15) is 0 Å². The number of hydrogen-bond acceptors (Lipinski definition) is 1. The molecule has 0 spiro atoms. The van der Waals surface area contributed by atoms with E-state index < -0.39 is 0 Å². The molecular formula is C63H53N. The van der Waals surface area contributed by atoms with Crippen LogP contribution < -0.4 is 4.90 Å². The molecule has 1 atom stereocenters. The van der Waals surface area contributed by atoms with Gasteiger partial charge in [-0.15, -0.1) is 0 Å². The second-order valence-corrected chi connectivity index (χ2v) is 19.1. The Balaban J connectivity index is 1.17. The predicted octanol–water partition coefficient (Wildman–Crippen LogP) is 17.3. The van der Waals surface area contributed by atoms with Crippen molar-refractivity contribution >= 4 is 27.8 Å². The summed E-state index contributed by atoms with van der Waals surface area (Å²) in [7, 11) is 0. The number of anilines is 3. The van der Waals surface area contributed by atoms with Crippen LogP contribution in [-0.2, 0) is 10.8 Å². The van der Waals surface area contributed by atoms with Crippen LogP contribution in [0.2, 0.25) is 0 Å². The van der Waals surface area contributed by atoms with Gasteiger partial charge in [0.25, 0.3) is 0 Å². The summed E-state index contributed by atoms with van der Waals surface area (Å²) < 4.78 is 0. The number of benzene rings is 9. The van der Waals surface area contributed by atoms with Crippen LogP contribution in [0.1, 0.15) is 92.2 Å². The number of fused-ring (bicyclic) bond motifs is 7. The zero-order valence-electron chi connectivity index (χ0n) is 37.1. The molecule has 3 aliphatic rings. The maximum absolute atomic E-state index is 2.63. The molecule has 1 unspecified atom stereocenters. The van der Waals surface area contributed by atoms with E-state index in [4.69, 9.17) is 0 Å². The van der Waals surface area contributed by atoms with E-state index in [0.717, 1.165) is 5.69 Å². The van der Waals surface area contributed by atoms with Crippen LogP contribution in [0.15, 0.2) is 200 Å². The lowest BCUT2D eigenvalue weighted by Crippen LogP contribution is -2.22. The summed E-state index contributed by atoms with van der Waals surface area (Å²) in [6.07, 6.45) is 6.46. The molecule has 0 aromatic heterocycles. The third-order valence-electron chi connectivity index (χ3n) is 15.4. The first-order chi connectivity index (χ1) is 31.4. The maximum Gasteiger partial charge on any atom is 0.0543 e. The Hall–Kier alpha value is -6.96. The van der Waals surface area contributed by atoms with Gasteiger partial charge in [-0.2, -0.15) is 0 Å². The van der Waals surface area contributed by atoms with Crippen molar-refractivity contribution < 1.29 is 0 Å². The first-order valence-corrected chi connectivity index (χ1v) is 23.5. The summed E-state index contributed by atoms with van der Waals surface area (Å²) >= 11 is 0. The fourth-order valence-electron chi connectivity index (χ4n) is 12.3. The number of nitrogens with zero attached hydrogens (tertiary/aromatic N) is 1. The van der Waals surface area contributed by atoms with Crippen LogP contribution in [0.25, 0.3) is 55.3 Å². The third kappa shape index (κ3) is 5.76. The van der Waals surface area contributed by atoms with Gasteiger partial charge in [0.05, 0.1) is 17.1 Å². The molecule has 0 heterocycles. The summed E-state index contributed by atoms with van der Waals surface area (Å²) in [5.74, 6) is 0.569. The van der Waals surface area contributed by atoms with Gasteiger partial charge in [0.1, 0.15) is 0 Å². The van der Waals surface area contributed by atoms with Gasteiger partial charge in [-0.05, 0) is 116 Å². The van der Waals surface area contributed by atoms with E-state index in [0.29, 0.717) is 5.92 Å². The topological polar surface area (TPSA) is 3.24 Å². The number of para-hydroxylation sites is 2. The molecule has 1 heteroatoms. The third-order valence-corrected chi connectivity index (χ3v) is 15.4. The van der Waals surface area contributed by atoms with Gasteiger partial charge in [0, 0.05) is 27.5 Å². The fraction of sp³-hybridized carbons (Fsp3) is 0.175. The average molecular weight is 824 g/mol. The molecule has 0 bridgehead atoms. The van der Waals surface area contributed by atoms with E-state index >= 15 is 0 Å². The smallest absolute Gasteiger partial charge is 0.0543 e. The van der Waals surface area contributed by atoms with Crippen LogP contribution in [0.5, 0.6) is 0 Å². The van der Waals surface area contributed by atoms with Crippen molar-refractivity contribution in [2.75, 3.05) is 4.90 Å². The van der Waals surface area contributed by atoms with Gasteiger partial charge >= 0.3 is 0 Å². The van der Waals surface area contributed by atoms with Crippen molar-refractivity contribution in [3.63, 3.8) is 0 Å². The predicted molar refractivity (Wildman–Crippen MR) is 270 cm³/mol. The van der Waals surface area contributed by atoms with Gasteiger partial charge in [-0.25, -0.2) is 0 Å². The Bertz CT molecular complexity index is 3250. The lowest BCUT2D eigenvalue weighted by molar-refractivity contribution is 0.445. The van der Waals surface area contributed by atoms with Gasteiger partial charge in [-0.1, -0.05) is 215 Å². The second-order valence-electron chi connectivity index (χ2n) is 19.1. The van der Waals surface area contributed by atoms with Crippen LogP contribution in [0.4, 0.5) is 17.1 Å². The first-order valence-electron chi connectivity index (χ1n) is 23.5. The molecule has 0 N–H and O–H groups in total. The molecule has 12 rings (SSSR count). The molecule has 9 aromatic carbocycles. The van der Waals surface area contributed by atoms with E-state index in [-0.39, 0.29) is 10.8 Å². The van der Waals surface area contributed by atoms with E-state index in [1.807, 2.05) is 0 Å². The van der Waals surface area contributed by atoms with Crippen molar-refractivity contribution in [2.24, 2.45) is 0 Å². The van der Waals surface area contributed by atoms with Gasteiger partial charge < -0.3 is 4.90 Å². The highest BCUT2D eigenvalue weighted by atomic mass is 15.2. The Labute approximate surface area is 378 Å². The molecule has 3 aliphatic carbocycles. The highest BCUT2D eigenvalue weighted by Gasteiger charge is 2.43.